The Morgan fingerprint density at radius 1 is 0.962 bits per heavy atom. The summed E-state index contributed by atoms with van der Waals surface area (Å²) in [6.07, 6.45) is 0. The van der Waals surface area contributed by atoms with Gasteiger partial charge in [-0.25, -0.2) is 4.79 Å². The smallest absolute Gasteiger partial charge is 0.337 e. The van der Waals surface area contributed by atoms with Crippen molar-refractivity contribution in [1.29, 1.82) is 0 Å². The Labute approximate surface area is 156 Å². The molecule has 0 aliphatic carbocycles. The molecule has 0 unspecified atom stereocenters. The van der Waals surface area contributed by atoms with Gasteiger partial charge in [-0.05, 0) is 58.4 Å². The summed E-state index contributed by atoms with van der Waals surface area (Å²) >= 11 is 0. The number of hydrogen-bond acceptors (Lipinski definition) is 3. The van der Waals surface area contributed by atoms with Gasteiger partial charge in [0.1, 0.15) is 5.75 Å². The molecule has 0 radical (unpaired) electrons. The highest BCUT2D eigenvalue weighted by Gasteiger charge is 2.13. The number of carbonyl (C=O) groups is 1. The SMILES string of the molecule is C=C(c1ccc(C(=O)OC)cc1)c1ccc(OCC(C)C)c(C(C)C)c1. The number of rotatable bonds is 7. The fourth-order valence-corrected chi connectivity index (χ4v) is 2.67. The molecule has 0 amide bonds. The van der Waals surface area contributed by atoms with E-state index in [9.17, 15) is 4.79 Å². The van der Waals surface area contributed by atoms with Crippen molar-refractivity contribution in [2.75, 3.05) is 13.7 Å². The number of methoxy groups -OCH3 is 1. The Morgan fingerprint density at radius 2 is 1.54 bits per heavy atom. The van der Waals surface area contributed by atoms with Crippen LogP contribution in [0.25, 0.3) is 5.57 Å². The second kappa shape index (κ2) is 8.70. The molecule has 0 fully saturated rings. The van der Waals surface area contributed by atoms with Crippen molar-refractivity contribution in [2.45, 2.75) is 33.6 Å². The van der Waals surface area contributed by atoms with Gasteiger partial charge in [0.2, 0.25) is 0 Å². The summed E-state index contributed by atoms with van der Waals surface area (Å²) in [5.41, 5.74) is 4.65. The standard InChI is InChI=1S/C23H28O3/c1-15(2)14-26-22-12-11-20(13-21(22)16(3)4)17(5)18-7-9-19(10-8-18)23(24)25-6/h7-13,15-16H,5,14H2,1-4,6H3. The quantitative estimate of drug-likeness (QED) is 0.600. The van der Waals surface area contributed by atoms with Gasteiger partial charge >= 0.3 is 5.97 Å². The molecule has 0 bridgehead atoms. The van der Waals surface area contributed by atoms with Gasteiger partial charge < -0.3 is 9.47 Å². The first kappa shape index (κ1) is 19.8. The fraction of sp³-hybridized carbons (Fsp3) is 0.348. The number of carbonyl (C=O) groups excluding carboxylic acids is 1. The number of benzene rings is 2. The van der Waals surface area contributed by atoms with E-state index < -0.39 is 0 Å². The minimum atomic E-state index is -0.337. The molecule has 0 N–H and O–H groups in total. The average molecular weight is 352 g/mol. The normalized spacial score (nSPS) is 10.9. The fourth-order valence-electron chi connectivity index (χ4n) is 2.67. The van der Waals surface area contributed by atoms with Gasteiger partial charge in [0.25, 0.3) is 0 Å². The van der Waals surface area contributed by atoms with Crippen LogP contribution < -0.4 is 4.74 Å². The molecule has 2 aromatic carbocycles. The van der Waals surface area contributed by atoms with E-state index in [0.29, 0.717) is 24.0 Å². The predicted molar refractivity (Wildman–Crippen MR) is 107 cm³/mol. The van der Waals surface area contributed by atoms with E-state index in [1.165, 1.54) is 12.7 Å². The Hall–Kier alpha value is -2.55. The molecule has 2 rings (SSSR count). The first-order valence-corrected chi connectivity index (χ1v) is 8.98. The van der Waals surface area contributed by atoms with Crippen molar-refractivity contribution in [3.8, 4) is 5.75 Å². The Bertz CT molecular complexity index is 771. The molecule has 2 aromatic rings. The molecule has 0 saturated heterocycles. The van der Waals surface area contributed by atoms with Crippen LogP contribution in [0.4, 0.5) is 0 Å². The minimum Gasteiger partial charge on any atom is -0.493 e. The van der Waals surface area contributed by atoms with Crippen molar-refractivity contribution in [3.05, 3.63) is 71.3 Å². The Balaban J connectivity index is 2.28. The monoisotopic (exact) mass is 352 g/mol. The van der Waals surface area contributed by atoms with Crippen LogP contribution in [0.1, 0.15) is 60.7 Å². The van der Waals surface area contributed by atoms with Crippen LogP contribution in [0.2, 0.25) is 0 Å². The van der Waals surface area contributed by atoms with Crippen molar-refractivity contribution in [3.63, 3.8) is 0 Å². The van der Waals surface area contributed by atoms with Crippen LogP contribution in [0, 0.1) is 5.92 Å². The lowest BCUT2D eigenvalue weighted by atomic mass is 9.93. The van der Waals surface area contributed by atoms with Crippen molar-refractivity contribution in [2.24, 2.45) is 5.92 Å². The second-order valence-corrected chi connectivity index (χ2v) is 7.16. The molecule has 0 atom stereocenters. The zero-order chi connectivity index (χ0) is 19.3. The zero-order valence-electron chi connectivity index (χ0n) is 16.3. The predicted octanol–water partition coefficient (Wildman–Crippen LogP) is 5.69. The highest BCUT2D eigenvalue weighted by molar-refractivity contribution is 5.90. The molecule has 138 valence electrons. The van der Waals surface area contributed by atoms with E-state index in [4.69, 9.17) is 9.47 Å². The van der Waals surface area contributed by atoms with Gasteiger partial charge in [-0.15, -0.1) is 0 Å². The van der Waals surface area contributed by atoms with Gasteiger partial charge in [0.15, 0.2) is 0 Å². The number of esters is 1. The van der Waals surface area contributed by atoms with Crippen molar-refractivity contribution in [1.82, 2.24) is 0 Å². The summed E-state index contributed by atoms with van der Waals surface area (Å²) in [5.74, 6) is 1.44. The molecule has 3 nitrogen and oxygen atoms in total. The largest absolute Gasteiger partial charge is 0.493 e. The third-order valence-corrected chi connectivity index (χ3v) is 4.21. The lowest BCUT2D eigenvalue weighted by Gasteiger charge is -2.17. The van der Waals surface area contributed by atoms with Gasteiger partial charge in [-0.1, -0.05) is 52.5 Å². The molecular formula is C23H28O3. The summed E-state index contributed by atoms with van der Waals surface area (Å²) in [4.78, 5) is 11.6. The van der Waals surface area contributed by atoms with Gasteiger partial charge in [0.05, 0.1) is 19.3 Å². The summed E-state index contributed by atoms with van der Waals surface area (Å²) < 4.78 is 10.7. The van der Waals surface area contributed by atoms with Crippen LogP contribution in [0.5, 0.6) is 5.75 Å². The molecule has 0 heterocycles. The summed E-state index contributed by atoms with van der Waals surface area (Å²) in [6.45, 7) is 13.5. The summed E-state index contributed by atoms with van der Waals surface area (Å²) in [7, 11) is 1.38. The lowest BCUT2D eigenvalue weighted by Crippen LogP contribution is -2.07. The lowest BCUT2D eigenvalue weighted by molar-refractivity contribution is 0.0600. The van der Waals surface area contributed by atoms with E-state index in [1.54, 1.807) is 12.1 Å². The third kappa shape index (κ3) is 4.75. The molecule has 0 saturated carbocycles. The first-order chi connectivity index (χ1) is 12.3. The highest BCUT2D eigenvalue weighted by Crippen LogP contribution is 2.32. The highest BCUT2D eigenvalue weighted by atomic mass is 16.5. The minimum absolute atomic E-state index is 0.337. The van der Waals surface area contributed by atoms with Gasteiger partial charge in [-0.2, -0.15) is 0 Å². The molecule has 0 aromatic heterocycles. The maximum Gasteiger partial charge on any atom is 0.337 e. The van der Waals surface area contributed by atoms with E-state index in [2.05, 4.69) is 40.3 Å². The molecule has 0 spiro atoms. The number of hydrogen-bond donors (Lipinski definition) is 0. The zero-order valence-corrected chi connectivity index (χ0v) is 16.3. The third-order valence-electron chi connectivity index (χ3n) is 4.21. The average Bonchev–Trinajstić information content (AvgIpc) is 2.65. The first-order valence-electron chi connectivity index (χ1n) is 8.98. The van der Waals surface area contributed by atoms with E-state index in [0.717, 1.165) is 22.4 Å². The van der Waals surface area contributed by atoms with Gasteiger partial charge in [0, 0.05) is 0 Å². The van der Waals surface area contributed by atoms with Crippen LogP contribution in [0.15, 0.2) is 49.0 Å². The summed E-state index contributed by atoms with van der Waals surface area (Å²) in [6, 6.07) is 13.5. The molecule has 26 heavy (non-hydrogen) atoms. The van der Waals surface area contributed by atoms with Crippen molar-refractivity contribution >= 4 is 11.5 Å². The topological polar surface area (TPSA) is 35.5 Å². The van der Waals surface area contributed by atoms with Crippen LogP contribution in [0.3, 0.4) is 0 Å². The summed E-state index contributed by atoms with van der Waals surface area (Å²) in [5, 5.41) is 0. The molecular weight excluding hydrogens is 324 g/mol. The van der Waals surface area contributed by atoms with Crippen LogP contribution in [-0.4, -0.2) is 19.7 Å². The molecule has 3 heteroatoms. The van der Waals surface area contributed by atoms with E-state index in [-0.39, 0.29) is 5.97 Å². The van der Waals surface area contributed by atoms with Gasteiger partial charge in [-0.3, -0.25) is 0 Å². The van der Waals surface area contributed by atoms with Crippen LogP contribution >= 0.6 is 0 Å². The Kier molecular flexibility index (Phi) is 6.62. The maximum absolute atomic E-state index is 11.6. The molecule has 0 aliphatic rings. The van der Waals surface area contributed by atoms with Crippen molar-refractivity contribution < 1.29 is 14.3 Å². The number of ether oxygens (including phenoxy) is 2. The van der Waals surface area contributed by atoms with E-state index >= 15 is 0 Å². The molecule has 0 aliphatic heterocycles. The Morgan fingerprint density at radius 3 is 2.08 bits per heavy atom. The van der Waals surface area contributed by atoms with Crippen LogP contribution in [-0.2, 0) is 4.74 Å². The second-order valence-electron chi connectivity index (χ2n) is 7.16. The maximum atomic E-state index is 11.6. The van der Waals surface area contributed by atoms with E-state index in [1.807, 2.05) is 24.3 Å².